The molecule has 0 aliphatic heterocycles. The Hall–Kier alpha value is -2.00. The van der Waals surface area contributed by atoms with E-state index in [-0.39, 0.29) is 5.91 Å². The van der Waals surface area contributed by atoms with Gasteiger partial charge in [-0.05, 0) is 61.7 Å². The molecule has 0 spiro atoms. The van der Waals surface area contributed by atoms with Gasteiger partial charge in [0.25, 0.3) is 5.91 Å². The van der Waals surface area contributed by atoms with E-state index in [2.05, 4.69) is 5.32 Å². The molecule has 3 nitrogen and oxygen atoms in total. The maximum atomic E-state index is 12.3. The number of carbonyl (C=O) groups excluding carboxylic acids is 1. The molecule has 0 saturated carbocycles. The average Bonchev–Trinajstić information content (AvgIpc) is 2.36. The lowest BCUT2D eigenvalue weighted by atomic mass is 10.1. The Kier molecular flexibility index (Phi) is 4.00. The topological polar surface area (TPSA) is 55.1 Å². The quantitative estimate of drug-likeness (QED) is 0.818. The summed E-state index contributed by atoms with van der Waals surface area (Å²) in [5.41, 5.74) is 10.5. The highest BCUT2D eigenvalue weighted by Crippen LogP contribution is 2.28. The van der Waals surface area contributed by atoms with Crippen LogP contribution in [0.3, 0.4) is 0 Å². The fourth-order valence-electron chi connectivity index (χ4n) is 2.08. The molecule has 0 atom stereocenters. The monoisotopic (exact) mass is 288 g/mol. The van der Waals surface area contributed by atoms with Crippen LogP contribution in [-0.2, 0) is 0 Å². The van der Waals surface area contributed by atoms with E-state index < -0.39 is 0 Å². The molecule has 3 N–H and O–H groups in total. The summed E-state index contributed by atoms with van der Waals surface area (Å²) in [6.07, 6.45) is 0. The summed E-state index contributed by atoms with van der Waals surface area (Å²) in [5, 5.41) is 3.40. The van der Waals surface area contributed by atoms with Crippen LogP contribution in [0.5, 0.6) is 0 Å². The van der Waals surface area contributed by atoms with E-state index in [1.165, 1.54) is 0 Å². The molecule has 0 radical (unpaired) electrons. The lowest BCUT2D eigenvalue weighted by Crippen LogP contribution is -2.13. The summed E-state index contributed by atoms with van der Waals surface area (Å²) in [6.45, 7) is 5.76. The Bertz CT molecular complexity index is 657. The van der Waals surface area contributed by atoms with Crippen molar-refractivity contribution in [2.24, 2.45) is 0 Å². The van der Waals surface area contributed by atoms with Gasteiger partial charge in [0.1, 0.15) is 0 Å². The number of rotatable bonds is 2. The first kappa shape index (κ1) is 14.4. The third-order valence-electron chi connectivity index (χ3n) is 3.20. The number of aryl methyl sites for hydroxylation is 3. The summed E-state index contributed by atoms with van der Waals surface area (Å²) < 4.78 is 0. The number of nitrogens with two attached hydrogens (primary N) is 1. The van der Waals surface area contributed by atoms with Crippen LogP contribution in [0.4, 0.5) is 11.4 Å². The van der Waals surface area contributed by atoms with Gasteiger partial charge in [-0.15, -0.1) is 0 Å². The van der Waals surface area contributed by atoms with E-state index >= 15 is 0 Å². The molecule has 2 aromatic rings. The summed E-state index contributed by atoms with van der Waals surface area (Å²) in [5.74, 6) is -0.193. The Morgan fingerprint density at radius 3 is 2.40 bits per heavy atom. The van der Waals surface area contributed by atoms with Crippen LogP contribution in [0.25, 0.3) is 0 Å². The van der Waals surface area contributed by atoms with Gasteiger partial charge in [-0.25, -0.2) is 0 Å². The highest BCUT2D eigenvalue weighted by Gasteiger charge is 2.12. The van der Waals surface area contributed by atoms with E-state index in [1.54, 1.807) is 18.2 Å². The van der Waals surface area contributed by atoms with Crippen LogP contribution in [0.2, 0.25) is 5.02 Å². The zero-order chi connectivity index (χ0) is 14.9. The maximum absolute atomic E-state index is 12.3. The number of amides is 1. The van der Waals surface area contributed by atoms with Crippen molar-refractivity contribution in [3.63, 3.8) is 0 Å². The Labute approximate surface area is 123 Å². The van der Waals surface area contributed by atoms with Gasteiger partial charge < -0.3 is 11.1 Å². The largest absolute Gasteiger partial charge is 0.399 e. The molecule has 0 fully saturated rings. The van der Waals surface area contributed by atoms with Gasteiger partial charge in [0.05, 0.1) is 10.7 Å². The van der Waals surface area contributed by atoms with Gasteiger partial charge in [0.15, 0.2) is 0 Å². The average molecular weight is 289 g/mol. The zero-order valence-corrected chi connectivity index (χ0v) is 12.5. The van der Waals surface area contributed by atoms with E-state index in [0.29, 0.717) is 22.0 Å². The van der Waals surface area contributed by atoms with Crippen LogP contribution < -0.4 is 11.1 Å². The van der Waals surface area contributed by atoms with Crippen LogP contribution in [0.15, 0.2) is 30.3 Å². The van der Waals surface area contributed by atoms with Gasteiger partial charge in [-0.3, -0.25) is 4.79 Å². The van der Waals surface area contributed by atoms with Crippen LogP contribution in [0.1, 0.15) is 27.0 Å². The summed E-state index contributed by atoms with van der Waals surface area (Å²) in [7, 11) is 0. The van der Waals surface area contributed by atoms with Crippen LogP contribution >= 0.6 is 11.6 Å². The number of nitrogen functional groups attached to an aromatic ring is 1. The molecule has 0 saturated heterocycles. The molecule has 4 heteroatoms. The molecule has 0 heterocycles. The molecular weight excluding hydrogens is 272 g/mol. The number of hydrogen-bond donors (Lipinski definition) is 2. The lowest BCUT2D eigenvalue weighted by molar-refractivity contribution is 0.102. The standard InChI is InChI=1S/C16H17ClN2O/c1-9-6-11(3)15(13(17)7-9)19-16(20)12-4-5-14(18)10(2)8-12/h4-8H,18H2,1-3H3,(H,19,20). The summed E-state index contributed by atoms with van der Waals surface area (Å²) in [6, 6.07) is 9.01. The third-order valence-corrected chi connectivity index (χ3v) is 3.50. The second-order valence-corrected chi connectivity index (χ2v) is 5.37. The van der Waals surface area contributed by atoms with Crippen molar-refractivity contribution in [1.29, 1.82) is 0 Å². The molecule has 0 aliphatic carbocycles. The summed E-state index contributed by atoms with van der Waals surface area (Å²) in [4.78, 5) is 12.3. The Morgan fingerprint density at radius 1 is 1.10 bits per heavy atom. The maximum Gasteiger partial charge on any atom is 0.255 e. The predicted octanol–water partition coefficient (Wildman–Crippen LogP) is 4.10. The minimum absolute atomic E-state index is 0.193. The minimum Gasteiger partial charge on any atom is -0.399 e. The molecule has 2 aromatic carbocycles. The first-order chi connectivity index (χ1) is 9.38. The van der Waals surface area contributed by atoms with Crippen molar-refractivity contribution in [2.75, 3.05) is 11.1 Å². The number of halogens is 1. The minimum atomic E-state index is -0.193. The molecule has 0 unspecified atom stereocenters. The van der Waals surface area contributed by atoms with E-state index in [4.69, 9.17) is 17.3 Å². The third kappa shape index (κ3) is 2.94. The highest BCUT2D eigenvalue weighted by atomic mass is 35.5. The fraction of sp³-hybridized carbons (Fsp3) is 0.188. The molecule has 2 rings (SSSR count). The predicted molar refractivity (Wildman–Crippen MR) is 84.5 cm³/mol. The van der Waals surface area contributed by atoms with Crippen molar-refractivity contribution >= 4 is 28.9 Å². The first-order valence-corrected chi connectivity index (χ1v) is 6.70. The molecule has 1 amide bonds. The van der Waals surface area contributed by atoms with Crippen LogP contribution in [0, 0.1) is 20.8 Å². The molecule has 0 aromatic heterocycles. The highest BCUT2D eigenvalue weighted by molar-refractivity contribution is 6.34. The van der Waals surface area contributed by atoms with E-state index in [0.717, 1.165) is 16.7 Å². The van der Waals surface area contributed by atoms with Gasteiger partial charge in [0, 0.05) is 11.3 Å². The number of carbonyl (C=O) groups is 1. The number of hydrogen-bond acceptors (Lipinski definition) is 2. The van der Waals surface area contributed by atoms with Crippen molar-refractivity contribution in [1.82, 2.24) is 0 Å². The molecule has 0 aliphatic rings. The molecular formula is C16H17ClN2O. The van der Waals surface area contributed by atoms with E-state index in [1.807, 2.05) is 32.9 Å². The van der Waals surface area contributed by atoms with Crippen molar-refractivity contribution < 1.29 is 4.79 Å². The second kappa shape index (κ2) is 5.55. The first-order valence-electron chi connectivity index (χ1n) is 6.32. The van der Waals surface area contributed by atoms with E-state index in [9.17, 15) is 4.79 Å². The number of benzene rings is 2. The van der Waals surface area contributed by atoms with Gasteiger partial charge >= 0.3 is 0 Å². The molecule has 20 heavy (non-hydrogen) atoms. The van der Waals surface area contributed by atoms with Gasteiger partial charge in [0.2, 0.25) is 0 Å². The zero-order valence-electron chi connectivity index (χ0n) is 11.8. The lowest BCUT2D eigenvalue weighted by Gasteiger charge is -2.12. The normalized spacial score (nSPS) is 10.4. The summed E-state index contributed by atoms with van der Waals surface area (Å²) >= 11 is 6.19. The SMILES string of the molecule is Cc1cc(C)c(NC(=O)c2ccc(N)c(C)c2)c(Cl)c1. The molecule has 0 bridgehead atoms. The van der Waals surface area contributed by atoms with Gasteiger partial charge in [-0.2, -0.15) is 0 Å². The molecule has 104 valence electrons. The second-order valence-electron chi connectivity index (χ2n) is 4.96. The van der Waals surface area contributed by atoms with Crippen molar-refractivity contribution in [3.05, 3.63) is 57.6 Å². The van der Waals surface area contributed by atoms with Crippen molar-refractivity contribution in [2.45, 2.75) is 20.8 Å². The Balaban J connectivity index is 2.30. The Morgan fingerprint density at radius 2 is 1.80 bits per heavy atom. The smallest absolute Gasteiger partial charge is 0.255 e. The van der Waals surface area contributed by atoms with Crippen LogP contribution in [-0.4, -0.2) is 5.91 Å². The van der Waals surface area contributed by atoms with Gasteiger partial charge in [-0.1, -0.05) is 17.7 Å². The van der Waals surface area contributed by atoms with Crippen molar-refractivity contribution in [3.8, 4) is 0 Å². The number of anilines is 2. The fourth-order valence-corrected chi connectivity index (χ4v) is 2.45. The number of nitrogens with one attached hydrogen (secondary N) is 1.